The van der Waals surface area contributed by atoms with Crippen LogP contribution in [-0.2, 0) is 6.54 Å². The summed E-state index contributed by atoms with van der Waals surface area (Å²) < 4.78 is 3.44. The molecule has 4 nitrogen and oxygen atoms in total. The largest absolute Gasteiger partial charge is 0.316 e. The molecule has 0 saturated heterocycles. The number of thioether (sulfide) groups is 1. The molecule has 0 aliphatic carbocycles. The van der Waals surface area contributed by atoms with Crippen molar-refractivity contribution in [1.29, 1.82) is 0 Å². The molecule has 2 aromatic rings. The Kier molecular flexibility index (Phi) is 2.56. The van der Waals surface area contributed by atoms with Gasteiger partial charge in [-0.1, -0.05) is 11.8 Å². The fourth-order valence-electron chi connectivity index (χ4n) is 1.18. The highest BCUT2D eigenvalue weighted by Crippen LogP contribution is 2.24. The lowest BCUT2D eigenvalue weighted by Crippen LogP contribution is -2.10. The summed E-state index contributed by atoms with van der Waals surface area (Å²) in [6.45, 7) is 2.78. The molecule has 0 amide bonds. The molecule has 0 radical (unpaired) electrons. The summed E-state index contributed by atoms with van der Waals surface area (Å²) in [4.78, 5) is 19.6. The molecule has 0 unspecified atom stereocenters. The minimum atomic E-state index is -0.178. The average Bonchev–Trinajstić information content (AvgIpc) is 2.63. The molecular formula is C8H9N3OS2. The third-order valence-corrected chi connectivity index (χ3v) is 3.90. The first-order valence-corrected chi connectivity index (χ1v) is 6.20. The van der Waals surface area contributed by atoms with Gasteiger partial charge in [-0.2, -0.15) is 4.98 Å². The van der Waals surface area contributed by atoms with Gasteiger partial charge in [-0.3, -0.25) is 4.79 Å². The Balaban J connectivity index is 2.81. The number of hydrogen-bond donors (Lipinski definition) is 0. The minimum Gasteiger partial charge on any atom is -0.316 e. The van der Waals surface area contributed by atoms with Gasteiger partial charge < -0.3 is 4.57 Å². The van der Waals surface area contributed by atoms with E-state index in [4.69, 9.17) is 0 Å². The molecule has 2 heterocycles. The second-order valence-electron chi connectivity index (χ2n) is 2.67. The first-order valence-electron chi connectivity index (χ1n) is 4.16. The molecule has 2 rings (SSSR count). The lowest BCUT2D eigenvalue weighted by atomic mass is 10.5. The number of fused-ring (bicyclic) bond motifs is 1. The lowest BCUT2D eigenvalue weighted by Gasteiger charge is -1.99. The maximum atomic E-state index is 11.4. The van der Waals surface area contributed by atoms with E-state index in [1.54, 1.807) is 18.1 Å². The van der Waals surface area contributed by atoms with Crippen LogP contribution in [-0.4, -0.2) is 20.8 Å². The zero-order valence-electron chi connectivity index (χ0n) is 7.85. The number of rotatable bonds is 2. The van der Waals surface area contributed by atoms with Gasteiger partial charge in [0.1, 0.15) is 11.0 Å². The molecule has 2 aromatic heterocycles. The van der Waals surface area contributed by atoms with Crippen LogP contribution < -0.4 is 5.56 Å². The maximum Gasteiger partial charge on any atom is 0.292 e. The predicted molar refractivity (Wildman–Crippen MR) is 59.1 cm³/mol. The summed E-state index contributed by atoms with van der Waals surface area (Å²) in [5.41, 5.74) is 0.573. The van der Waals surface area contributed by atoms with Gasteiger partial charge in [-0.05, 0) is 13.2 Å². The smallest absolute Gasteiger partial charge is 0.292 e. The van der Waals surface area contributed by atoms with Gasteiger partial charge in [0.2, 0.25) is 0 Å². The molecule has 0 aromatic carbocycles. The number of aromatic nitrogens is 3. The first-order chi connectivity index (χ1) is 6.76. The highest BCUT2D eigenvalue weighted by molar-refractivity contribution is 8.00. The Hall–Kier alpha value is -0.880. The zero-order chi connectivity index (χ0) is 10.1. The zero-order valence-corrected chi connectivity index (χ0v) is 9.48. The Labute approximate surface area is 89.0 Å². The van der Waals surface area contributed by atoms with Crippen molar-refractivity contribution >= 4 is 33.4 Å². The molecule has 6 heteroatoms. The standard InChI is InChI=1S/C8H9N3OS2/c1-3-11-4-9-7(12)5-6(11)10-8(13-2)14-5/h4H,3H2,1-2H3. The van der Waals surface area contributed by atoms with Crippen LogP contribution in [0.5, 0.6) is 0 Å². The van der Waals surface area contributed by atoms with Crippen LogP contribution in [0.1, 0.15) is 6.92 Å². The number of thiazole rings is 1. The van der Waals surface area contributed by atoms with E-state index in [0.717, 1.165) is 16.5 Å². The summed E-state index contributed by atoms with van der Waals surface area (Å²) in [6.07, 6.45) is 3.50. The summed E-state index contributed by atoms with van der Waals surface area (Å²) in [5, 5.41) is 0. The van der Waals surface area contributed by atoms with E-state index in [1.165, 1.54) is 11.3 Å². The molecule has 0 aliphatic heterocycles. The Bertz CT molecular complexity index is 517. The normalized spacial score (nSPS) is 11.0. The summed E-state index contributed by atoms with van der Waals surface area (Å²) in [6, 6.07) is 0. The van der Waals surface area contributed by atoms with Crippen molar-refractivity contribution in [1.82, 2.24) is 14.5 Å². The number of nitrogens with zero attached hydrogens (tertiary/aromatic N) is 3. The van der Waals surface area contributed by atoms with Crippen LogP contribution in [0.2, 0.25) is 0 Å². The van der Waals surface area contributed by atoms with Gasteiger partial charge >= 0.3 is 0 Å². The average molecular weight is 227 g/mol. The Morgan fingerprint density at radius 2 is 2.43 bits per heavy atom. The third kappa shape index (κ3) is 1.44. The van der Waals surface area contributed by atoms with Crippen molar-refractivity contribution in [3.05, 3.63) is 16.7 Å². The second-order valence-corrected chi connectivity index (χ2v) is 4.72. The van der Waals surface area contributed by atoms with Crippen molar-refractivity contribution in [2.75, 3.05) is 6.26 Å². The SMILES string of the molecule is CCn1cnc(=O)c2sc(SC)nc21. The van der Waals surface area contributed by atoms with E-state index < -0.39 is 0 Å². The molecule has 0 spiro atoms. The van der Waals surface area contributed by atoms with Crippen LogP contribution in [0.25, 0.3) is 10.3 Å². The third-order valence-electron chi connectivity index (χ3n) is 1.89. The molecule has 0 aliphatic rings. The van der Waals surface area contributed by atoms with Crippen LogP contribution in [0.3, 0.4) is 0 Å². The number of aryl methyl sites for hydroxylation is 1. The minimum absolute atomic E-state index is 0.178. The molecule has 0 atom stereocenters. The number of hydrogen-bond acceptors (Lipinski definition) is 5. The Morgan fingerprint density at radius 1 is 1.64 bits per heavy atom. The topological polar surface area (TPSA) is 47.8 Å². The van der Waals surface area contributed by atoms with Crippen molar-refractivity contribution in [2.45, 2.75) is 17.8 Å². The molecule has 0 saturated carbocycles. The fourth-order valence-corrected chi connectivity index (χ4v) is 2.64. The second kappa shape index (κ2) is 3.70. The van der Waals surface area contributed by atoms with Crippen LogP contribution in [0, 0.1) is 0 Å². The summed E-state index contributed by atoms with van der Waals surface area (Å²) in [7, 11) is 0. The van der Waals surface area contributed by atoms with Gasteiger partial charge in [0.05, 0.1) is 0 Å². The van der Waals surface area contributed by atoms with Crippen LogP contribution in [0.4, 0.5) is 0 Å². The monoisotopic (exact) mass is 227 g/mol. The molecule has 74 valence electrons. The van der Waals surface area contributed by atoms with E-state index in [-0.39, 0.29) is 5.56 Å². The van der Waals surface area contributed by atoms with Crippen molar-refractivity contribution in [3.63, 3.8) is 0 Å². The van der Waals surface area contributed by atoms with Crippen molar-refractivity contribution < 1.29 is 0 Å². The van der Waals surface area contributed by atoms with Crippen LogP contribution >= 0.6 is 23.1 Å². The Morgan fingerprint density at radius 3 is 3.07 bits per heavy atom. The summed E-state index contributed by atoms with van der Waals surface area (Å²) in [5.74, 6) is 0. The van der Waals surface area contributed by atoms with E-state index in [0.29, 0.717) is 4.70 Å². The quantitative estimate of drug-likeness (QED) is 0.731. The van der Waals surface area contributed by atoms with Crippen molar-refractivity contribution in [2.24, 2.45) is 0 Å². The van der Waals surface area contributed by atoms with Gasteiger partial charge in [-0.15, -0.1) is 11.3 Å². The van der Waals surface area contributed by atoms with Gasteiger partial charge in [-0.25, -0.2) is 4.98 Å². The van der Waals surface area contributed by atoms with E-state index in [1.807, 2.05) is 17.7 Å². The van der Waals surface area contributed by atoms with Gasteiger partial charge in [0.25, 0.3) is 5.56 Å². The molecule has 0 fully saturated rings. The maximum absolute atomic E-state index is 11.4. The van der Waals surface area contributed by atoms with Gasteiger partial charge in [0.15, 0.2) is 9.99 Å². The first kappa shape index (κ1) is 9.67. The molecular weight excluding hydrogens is 218 g/mol. The van der Waals surface area contributed by atoms with E-state index in [2.05, 4.69) is 9.97 Å². The highest BCUT2D eigenvalue weighted by atomic mass is 32.2. The predicted octanol–water partition coefficient (Wildman–Crippen LogP) is 1.59. The van der Waals surface area contributed by atoms with E-state index >= 15 is 0 Å². The van der Waals surface area contributed by atoms with Crippen LogP contribution in [0.15, 0.2) is 15.5 Å². The van der Waals surface area contributed by atoms with E-state index in [9.17, 15) is 4.79 Å². The highest BCUT2D eigenvalue weighted by Gasteiger charge is 2.09. The lowest BCUT2D eigenvalue weighted by molar-refractivity contribution is 0.754. The van der Waals surface area contributed by atoms with Crippen molar-refractivity contribution in [3.8, 4) is 0 Å². The molecule has 0 bridgehead atoms. The molecule has 14 heavy (non-hydrogen) atoms. The van der Waals surface area contributed by atoms with Gasteiger partial charge in [0, 0.05) is 6.54 Å². The fraction of sp³-hybridized carbons (Fsp3) is 0.375. The summed E-state index contributed by atoms with van der Waals surface area (Å²) >= 11 is 2.96. The molecule has 0 N–H and O–H groups in total.